The lowest BCUT2D eigenvalue weighted by molar-refractivity contribution is -0.119. The Bertz CT molecular complexity index is 506. The van der Waals surface area contributed by atoms with Crippen molar-refractivity contribution < 1.29 is 9.59 Å². The van der Waals surface area contributed by atoms with Gasteiger partial charge in [0.15, 0.2) is 0 Å². The van der Waals surface area contributed by atoms with Crippen molar-refractivity contribution in [3.05, 3.63) is 29.8 Å². The van der Waals surface area contributed by atoms with Gasteiger partial charge in [0.1, 0.15) is 0 Å². The third kappa shape index (κ3) is 5.19. The minimum absolute atomic E-state index is 0.145. The van der Waals surface area contributed by atoms with Gasteiger partial charge in [0, 0.05) is 17.8 Å². The molecule has 1 unspecified atom stereocenters. The van der Waals surface area contributed by atoms with Crippen molar-refractivity contribution >= 4 is 17.5 Å². The molecule has 5 heteroatoms. The number of carbonyl (C=O) groups excluding carboxylic acids is 2. The van der Waals surface area contributed by atoms with Crippen LogP contribution in [0.5, 0.6) is 0 Å². The second kappa shape index (κ2) is 7.22. The molecule has 0 fully saturated rings. The van der Waals surface area contributed by atoms with Crippen LogP contribution in [0.25, 0.3) is 0 Å². The Balaban J connectivity index is 2.77. The van der Waals surface area contributed by atoms with Crippen LogP contribution in [0.15, 0.2) is 24.3 Å². The van der Waals surface area contributed by atoms with Gasteiger partial charge in [-0.15, -0.1) is 0 Å². The highest BCUT2D eigenvalue weighted by Gasteiger charge is 2.27. The molecule has 0 aliphatic rings. The maximum atomic E-state index is 12.1. The zero-order valence-corrected chi connectivity index (χ0v) is 13.2. The topological polar surface area (TPSA) is 84.2 Å². The lowest BCUT2D eigenvalue weighted by atomic mass is 9.87. The third-order valence-corrected chi connectivity index (χ3v) is 3.14. The van der Waals surface area contributed by atoms with Crippen molar-refractivity contribution in [2.24, 2.45) is 11.1 Å². The average molecular weight is 291 g/mol. The Kier molecular flexibility index (Phi) is 5.90. The highest BCUT2D eigenvalue weighted by molar-refractivity contribution is 5.98. The van der Waals surface area contributed by atoms with E-state index in [0.717, 1.165) is 6.42 Å². The fraction of sp³-hybridized carbons (Fsp3) is 0.500. The molecule has 4 N–H and O–H groups in total. The third-order valence-electron chi connectivity index (χ3n) is 3.14. The number of nitrogens with one attached hydrogen (secondary N) is 2. The first kappa shape index (κ1) is 17.2. The smallest absolute Gasteiger partial charge is 0.251 e. The standard InChI is InChI=1S/C16H25N3O2/c1-5-9-18-14(20)11-7-6-8-12(10-11)19-15(21)13(17)16(2,3)4/h6-8,10,13H,5,9,17H2,1-4H3,(H,18,20)(H,19,21). The molecule has 0 saturated heterocycles. The van der Waals surface area contributed by atoms with Gasteiger partial charge in [-0.3, -0.25) is 9.59 Å². The molecule has 1 aromatic carbocycles. The van der Waals surface area contributed by atoms with Crippen molar-refractivity contribution in [2.45, 2.75) is 40.2 Å². The van der Waals surface area contributed by atoms with Gasteiger partial charge in [-0.1, -0.05) is 33.8 Å². The summed E-state index contributed by atoms with van der Waals surface area (Å²) < 4.78 is 0. The van der Waals surface area contributed by atoms with E-state index in [2.05, 4.69) is 10.6 Å². The lowest BCUT2D eigenvalue weighted by Gasteiger charge is -2.25. The van der Waals surface area contributed by atoms with Gasteiger partial charge in [-0.25, -0.2) is 0 Å². The Morgan fingerprint density at radius 2 is 1.95 bits per heavy atom. The van der Waals surface area contributed by atoms with Gasteiger partial charge in [0.2, 0.25) is 5.91 Å². The molecule has 0 spiro atoms. The molecule has 0 radical (unpaired) electrons. The Labute approximate surface area is 126 Å². The van der Waals surface area contributed by atoms with E-state index < -0.39 is 6.04 Å². The summed E-state index contributed by atoms with van der Waals surface area (Å²) in [6.07, 6.45) is 0.878. The number of carbonyl (C=O) groups is 2. The summed E-state index contributed by atoms with van der Waals surface area (Å²) >= 11 is 0. The molecule has 0 bridgehead atoms. The summed E-state index contributed by atoms with van der Waals surface area (Å²) in [5.74, 6) is -0.401. The van der Waals surface area contributed by atoms with Crippen LogP contribution < -0.4 is 16.4 Å². The number of rotatable bonds is 5. The van der Waals surface area contributed by atoms with E-state index in [1.807, 2.05) is 27.7 Å². The maximum absolute atomic E-state index is 12.1. The van der Waals surface area contributed by atoms with E-state index in [1.165, 1.54) is 0 Å². The first-order valence-corrected chi connectivity index (χ1v) is 7.20. The molecule has 0 aliphatic carbocycles. The monoisotopic (exact) mass is 291 g/mol. The number of benzene rings is 1. The van der Waals surface area contributed by atoms with E-state index in [9.17, 15) is 9.59 Å². The zero-order chi connectivity index (χ0) is 16.0. The molecular weight excluding hydrogens is 266 g/mol. The number of nitrogens with two attached hydrogens (primary N) is 1. The minimum atomic E-state index is -0.616. The first-order valence-electron chi connectivity index (χ1n) is 7.20. The molecule has 0 saturated carbocycles. The number of amides is 2. The zero-order valence-electron chi connectivity index (χ0n) is 13.2. The molecule has 21 heavy (non-hydrogen) atoms. The van der Waals surface area contributed by atoms with Crippen LogP contribution in [0, 0.1) is 5.41 Å². The van der Waals surface area contributed by atoms with E-state index in [0.29, 0.717) is 17.8 Å². The van der Waals surface area contributed by atoms with Gasteiger partial charge >= 0.3 is 0 Å². The second-order valence-corrected chi connectivity index (χ2v) is 6.17. The van der Waals surface area contributed by atoms with E-state index >= 15 is 0 Å². The van der Waals surface area contributed by atoms with Crippen molar-refractivity contribution in [1.82, 2.24) is 5.32 Å². The average Bonchev–Trinajstić information content (AvgIpc) is 2.43. The van der Waals surface area contributed by atoms with Crippen LogP contribution in [-0.2, 0) is 4.79 Å². The van der Waals surface area contributed by atoms with Crippen LogP contribution in [0.1, 0.15) is 44.5 Å². The second-order valence-electron chi connectivity index (χ2n) is 6.17. The largest absolute Gasteiger partial charge is 0.352 e. The quantitative estimate of drug-likeness (QED) is 0.777. The predicted molar refractivity (Wildman–Crippen MR) is 85.1 cm³/mol. The van der Waals surface area contributed by atoms with Crippen molar-refractivity contribution in [3.8, 4) is 0 Å². The molecule has 1 aromatic rings. The van der Waals surface area contributed by atoms with Gasteiger partial charge in [0.05, 0.1) is 6.04 Å². The lowest BCUT2D eigenvalue weighted by Crippen LogP contribution is -2.45. The predicted octanol–water partition coefficient (Wildman–Crippen LogP) is 2.14. The summed E-state index contributed by atoms with van der Waals surface area (Å²) in [6, 6.07) is 6.22. The number of anilines is 1. The number of hydrogen-bond acceptors (Lipinski definition) is 3. The van der Waals surface area contributed by atoms with Crippen LogP contribution in [0.3, 0.4) is 0 Å². The van der Waals surface area contributed by atoms with Crippen LogP contribution >= 0.6 is 0 Å². The fourth-order valence-electron chi connectivity index (χ4n) is 1.69. The molecule has 116 valence electrons. The summed E-state index contributed by atoms with van der Waals surface area (Å²) in [7, 11) is 0. The SMILES string of the molecule is CCCNC(=O)c1cccc(NC(=O)C(N)C(C)(C)C)c1. The van der Waals surface area contributed by atoms with Crippen molar-refractivity contribution in [1.29, 1.82) is 0 Å². The normalized spacial score (nSPS) is 12.6. The van der Waals surface area contributed by atoms with Gasteiger partial charge in [-0.05, 0) is 30.0 Å². The molecular formula is C16H25N3O2. The van der Waals surface area contributed by atoms with Gasteiger partial charge in [-0.2, -0.15) is 0 Å². The Hall–Kier alpha value is -1.88. The molecule has 2 amide bonds. The van der Waals surface area contributed by atoms with Crippen LogP contribution in [0.2, 0.25) is 0 Å². The number of hydrogen-bond donors (Lipinski definition) is 3. The van der Waals surface area contributed by atoms with Crippen LogP contribution in [-0.4, -0.2) is 24.4 Å². The summed E-state index contributed by atoms with van der Waals surface area (Å²) in [5, 5.41) is 5.56. The van der Waals surface area contributed by atoms with E-state index in [4.69, 9.17) is 5.73 Å². The maximum Gasteiger partial charge on any atom is 0.251 e. The van der Waals surface area contributed by atoms with Crippen molar-refractivity contribution in [2.75, 3.05) is 11.9 Å². The molecule has 5 nitrogen and oxygen atoms in total. The minimum Gasteiger partial charge on any atom is -0.352 e. The fourth-order valence-corrected chi connectivity index (χ4v) is 1.69. The molecule has 0 aliphatic heterocycles. The van der Waals surface area contributed by atoms with Crippen LogP contribution in [0.4, 0.5) is 5.69 Å². The molecule has 0 aromatic heterocycles. The summed E-state index contributed by atoms with van der Waals surface area (Å²) in [6.45, 7) is 8.35. The van der Waals surface area contributed by atoms with Gasteiger partial charge in [0.25, 0.3) is 5.91 Å². The molecule has 1 rings (SSSR count). The first-order chi connectivity index (χ1) is 9.75. The Morgan fingerprint density at radius 3 is 2.52 bits per heavy atom. The van der Waals surface area contributed by atoms with Crippen molar-refractivity contribution in [3.63, 3.8) is 0 Å². The van der Waals surface area contributed by atoms with E-state index in [1.54, 1.807) is 24.3 Å². The highest BCUT2D eigenvalue weighted by Crippen LogP contribution is 2.19. The molecule has 1 atom stereocenters. The van der Waals surface area contributed by atoms with Gasteiger partial charge < -0.3 is 16.4 Å². The Morgan fingerprint density at radius 1 is 1.29 bits per heavy atom. The highest BCUT2D eigenvalue weighted by atomic mass is 16.2. The molecule has 0 heterocycles. The summed E-state index contributed by atoms with van der Waals surface area (Å²) in [5.41, 5.74) is 6.69. The van der Waals surface area contributed by atoms with E-state index in [-0.39, 0.29) is 17.2 Å². The summed E-state index contributed by atoms with van der Waals surface area (Å²) in [4.78, 5) is 24.0.